The standard InChI is InChI=1S/C17H14N4S2/c1-21-9-12(8-20-21)10-22-16-14-7-15(13-5-3-2-4-6-13)23-17(14)19-11-18-16/h2-9,11H,10H2,1H3. The monoisotopic (exact) mass is 338 g/mol. The summed E-state index contributed by atoms with van der Waals surface area (Å²) < 4.78 is 1.82. The van der Waals surface area contributed by atoms with Gasteiger partial charge in [0.25, 0.3) is 0 Å². The summed E-state index contributed by atoms with van der Waals surface area (Å²) in [6.45, 7) is 0. The van der Waals surface area contributed by atoms with Crippen LogP contribution in [0.3, 0.4) is 0 Å². The van der Waals surface area contributed by atoms with Gasteiger partial charge in [0.2, 0.25) is 0 Å². The van der Waals surface area contributed by atoms with Crippen molar-refractivity contribution in [2.45, 2.75) is 10.8 Å². The van der Waals surface area contributed by atoms with E-state index in [4.69, 9.17) is 0 Å². The molecule has 4 rings (SSSR count). The zero-order valence-electron chi connectivity index (χ0n) is 12.5. The fraction of sp³-hybridized carbons (Fsp3) is 0.118. The second-order valence-electron chi connectivity index (χ2n) is 5.19. The summed E-state index contributed by atoms with van der Waals surface area (Å²) >= 11 is 3.44. The van der Waals surface area contributed by atoms with Crippen molar-refractivity contribution in [1.29, 1.82) is 0 Å². The number of aryl methyl sites for hydroxylation is 1. The van der Waals surface area contributed by atoms with Gasteiger partial charge in [0.05, 0.1) is 6.20 Å². The molecule has 0 atom stereocenters. The molecule has 0 saturated heterocycles. The number of hydrogen-bond donors (Lipinski definition) is 0. The minimum atomic E-state index is 0.858. The Morgan fingerprint density at radius 3 is 2.83 bits per heavy atom. The molecular formula is C17H14N4S2. The fourth-order valence-corrected chi connectivity index (χ4v) is 4.35. The van der Waals surface area contributed by atoms with Crippen LogP contribution in [0.2, 0.25) is 0 Å². The maximum atomic E-state index is 4.47. The van der Waals surface area contributed by atoms with Gasteiger partial charge in [-0.05, 0) is 11.6 Å². The molecule has 0 saturated carbocycles. The number of aromatic nitrogens is 4. The highest BCUT2D eigenvalue weighted by molar-refractivity contribution is 7.98. The van der Waals surface area contributed by atoms with Crippen LogP contribution in [0.4, 0.5) is 0 Å². The molecule has 0 aliphatic carbocycles. The number of thiophene rings is 1. The molecule has 23 heavy (non-hydrogen) atoms. The Bertz CT molecular complexity index is 944. The van der Waals surface area contributed by atoms with E-state index < -0.39 is 0 Å². The predicted octanol–water partition coefficient (Wildman–Crippen LogP) is 4.38. The second-order valence-corrected chi connectivity index (χ2v) is 7.18. The van der Waals surface area contributed by atoms with Crippen LogP contribution in [0.15, 0.2) is 60.1 Å². The highest BCUT2D eigenvalue weighted by atomic mass is 32.2. The van der Waals surface area contributed by atoms with Crippen molar-refractivity contribution in [1.82, 2.24) is 19.7 Å². The third-order valence-corrected chi connectivity index (χ3v) is 5.65. The van der Waals surface area contributed by atoms with Crippen molar-refractivity contribution in [3.63, 3.8) is 0 Å². The van der Waals surface area contributed by atoms with E-state index in [0.29, 0.717) is 0 Å². The highest BCUT2D eigenvalue weighted by Gasteiger charge is 2.11. The Labute approximate surface area is 142 Å². The molecule has 0 amide bonds. The van der Waals surface area contributed by atoms with Gasteiger partial charge in [-0.1, -0.05) is 30.3 Å². The number of hydrogen-bond acceptors (Lipinski definition) is 5. The summed E-state index contributed by atoms with van der Waals surface area (Å²) in [6.07, 6.45) is 5.59. The van der Waals surface area contributed by atoms with Crippen LogP contribution in [0.1, 0.15) is 5.56 Å². The lowest BCUT2D eigenvalue weighted by Crippen LogP contribution is -1.85. The third-order valence-electron chi connectivity index (χ3n) is 3.49. The molecule has 114 valence electrons. The van der Waals surface area contributed by atoms with Crippen LogP contribution in [-0.2, 0) is 12.8 Å². The first kappa shape index (κ1) is 14.4. The molecule has 0 fully saturated rings. The van der Waals surface area contributed by atoms with Gasteiger partial charge in [-0.2, -0.15) is 5.10 Å². The topological polar surface area (TPSA) is 43.6 Å². The van der Waals surface area contributed by atoms with Gasteiger partial charge in [0.1, 0.15) is 16.2 Å². The molecule has 0 spiro atoms. The van der Waals surface area contributed by atoms with Crippen molar-refractivity contribution < 1.29 is 0 Å². The first-order valence-corrected chi connectivity index (χ1v) is 9.00. The van der Waals surface area contributed by atoms with Gasteiger partial charge in [0, 0.05) is 34.8 Å². The average molecular weight is 338 g/mol. The summed E-state index contributed by atoms with van der Waals surface area (Å²) in [7, 11) is 1.93. The van der Waals surface area contributed by atoms with Crippen LogP contribution in [0.5, 0.6) is 0 Å². The first-order valence-electron chi connectivity index (χ1n) is 7.20. The smallest absolute Gasteiger partial charge is 0.128 e. The van der Waals surface area contributed by atoms with Crippen LogP contribution in [-0.4, -0.2) is 19.7 Å². The molecule has 1 aromatic carbocycles. The molecule has 4 nitrogen and oxygen atoms in total. The van der Waals surface area contributed by atoms with E-state index in [2.05, 4.69) is 45.4 Å². The summed E-state index contributed by atoms with van der Waals surface area (Å²) in [5, 5.41) is 6.36. The lowest BCUT2D eigenvalue weighted by atomic mass is 10.2. The molecule has 0 aliphatic heterocycles. The lowest BCUT2D eigenvalue weighted by Gasteiger charge is -1.99. The molecule has 0 radical (unpaired) electrons. The van der Waals surface area contributed by atoms with E-state index in [1.54, 1.807) is 29.4 Å². The fourth-order valence-electron chi connectivity index (χ4n) is 2.39. The molecule has 0 bridgehead atoms. The third kappa shape index (κ3) is 3.00. The molecule has 6 heteroatoms. The molecular weight excluding hydrogens is 324 g/mol. The minimum Gasteiger partial charge on any atom is -0.276 e. The molecule has 0 aliphatic rings. The van der Waals surface area contributed by atoms with Gasteiger partial charge < -0.3 is 0 Å². The van der Waals surface area contributed by atoms with Crippen LogP contribution >= 0.6 is 23.1 Å². The Kier molecular flexibility index (Phi) is 3.85. The maximum Gasteiger partial charge on any atom is 0.128 e. The van der Waals surface area contributed by atoms with Crippen molar-refractivity contribution in [3.8, 4) is 10.4 Å². The predicted molar refractivity (Wildman–Crippen MR) is 95.6 cm³/mol. The van der Waals surface area contributed by atoms with Crippen LogP contribution < -0.4 is 0 Å². The number of rotatable bonds is 4. The van der Waals surface area contributed by atoms with Gasteiger partial charge in [-0.25, -0.2) is 9.97 Å². The van der Waals surface area contributed by atoms with Gasteiger partial charge in [0.15, 0.2) is 0 Å². The second kappa shape index (κ2) is 6.14. The number of benzene rings is 1. The van der Waals surface area contributed by atoms with Gasteiger partial charge >= 0.3 is 0 Å². The van der Waals surface area contributed by atoms with Gasteiger partial charge in [-0.15, -0.1) is 23.1 Å². The SMILES string of the molecule is Cn1cc(CSc2ncnc3sc(-c4ccccc4)cc23)cn1. The van der Waals surface area contributed by atoms with E-state index in [1.165, 1.54) is 16.0 Å². The Hall–Kier alpha value is -2.18. The largest absolute Gasteiger partial charge is 0.276 e. The molecule has 3 aromatic heterocycles. The summed E-state index contributed by atoms with van der Waals surface area (Å²) in [5.41, 5.74) is 2.42. The Morgan fingerprint density at radius 2 is 2.04 bits per heavy atom. The molecule has 0 unspecified atom stereocenters. The lowest BCUT2D eigenvalue weighted by molar-refractivity contribution is 0.767. The van der Waals surface area contributed by atoms with Crippen molar-refractivity contribution in [2.75, 3.05) is 0 Å². The molecule has 4 aromatic rings. The number of thioether (sulfide) groups is 1. The molecule has 3 heterocycles. The van der Waals surface area contributed by atoms with Crippen molar-refractivity contribution >= 4 is 33.3 Å². The highest BCUT2D eigenvalue weighted by Crippen LogP contribution is 2.36. The quantitative estimate of drug-likeness (QED) is 0.409. The zero-order chi connectivity index (χ0) is 15.6. The average Bonchev–Trinajstić information content (AvgIpc) is 3.20. The molecule has 0 N–H and O–H groups in total. The Balaban J connectivity index is 1.66. The van der Waals surface area contributed by atoms with Crippen LogP contribution in [0.25, 0.3) is 20.7 Å². The van der Waals surface area contributed by atoms with E-state index >= 15 is 0 Å². The first-order chi connectivity index (χ1) is 11.3. The summed E-state index contributed by atoms with van der Waals surface area (Å²) in [5.74, 6) is 0.858. The number of fused-ring (bicyclic) bond motifs is 1. The van der Waals surface area contributed by atoms with Crippen molar-refractivity contribution in [3.05, 3.63) is 60.7 Å². The van der Waals surface area contributed by atoms with E-state index in [0.717, 1.165) is 21.0 Å². The van der Waals surface area contributed by atoms with Crippen LogP contribution in [0, 0.1) is 0 Å². The number of nitrogens with zero attached hydrogens (tertiary/aromatic N) is 4. The van der Waals surface area contributed by atoms with E-state index in [1.807, 2.05) is 30.2 Å². The zero-order valence-corrected chi connectivity index (χ0v) is 14.1. The Morgan fingerprint density at radius 1 is 1.17 bits per heavy atom. The van der Waals surface area contributed by atoms with Gasteiger partial charge in [-0.3, -0.25) is 4.68 Å². The van der Waals surface area contributed by atoms with E-state index in [-0.39, 0.29) is 0 Å². The summed E-state index contributed by atoms with van der Waals surface area (Å²) in [4.78, 5) is 11.2. The summed E-state index contributed by atoms with van der Waals surface area (Å²) in [6, 6.07) is 12.6. The normalized spacial score (nSPS) is 11.2. The maximum absolute atomic E-state index is 4.47. The minimum absolute atomic E-state index is 0.858. The van der Waals surface area contributed by atoms with Crippen molar-refractivity contribution in [2.24, 2.45) is 7.05 Å². The van der Waals surface area contributed by atoms with E-state index in [9.17, 15) is 0 Å².